The minimum absolute atomic E-state index is 0.129. The van der Waals surface area contributed by atoms with Gasteiger partial charge in [0.05, 0.1) is 6.10 Å². The van der Waals surface area contributed by atoms with Crippen molar-refractivity contribution in [3.05, 3.63) is 29.8 Å². The van der Waals surface area contributed by atoms with Crippen LogP contribution < -0.4 is 10.6 Å². The van der Waals surface area contributed by atoms with Crippen LogP contribution >= 0.6 is 0 Å². The van der Waals surface area contributed by atoms with E-state index in [1.54, 1.807) is 0 Å². The van der Waals surface area contributed by atoms with E-state index in [4.69, 9.17) is 4.74 Å². The van der Waals surface area contributed by atoms with E-state index in [-0.39, 0.29) is 6.03 Å². The standard InChI is InChI=1S/C24H39N3O2/c1-27(21-12-4-2-5-13-21)19-20-11-8-9-16-23(20)26-24(28)25-17-10-18-29-22-14-6-3-7-15-22/h8-9,11,16,21-22H,2-7,10,12-15,17-19H2,1H3,(H2,25,26,28). The lowest BCUT2D eigenvalue weighted by Gasteiger charge is -2.31. The van der Waals surface area contributed by atoms with Gasteiger partial charge < -0.3 is 15.4 Å². The van der Waals surface area contributed by atoms with Gasteiger partial charge in [-0.05, 0) is 50.8 Å². The quantitative estimate of drug-likeness (QED) is 0.551. The topological polar surface area (TPSA) is 53.6 Å². The highest BCUT2D eigenvalue weighted by Crippen LogP contribution is 2.25. The molecule has 162 valence electrons. The number of nitrogens with zero attached hydrogens (tertiary/aromatic N) is 1. The second kappa shape index (κ2) is 12.2. The molecule has 2 aliphatic carbocycles. The van der Waals surface area contributed by atoms with E-state index < -0.39 is 0 Å². The molecule has 0 unspecified atom stereocenters. The van der Waals surface area contributed by atoms with Gasteiger partial charge in [-0.25, -0.2) is 4.79 Å². The fourth-order valence-electron chi connectivity index (χ4n) is 4.62. The maximum Gasteiger partial charge on any atom is 0.319 e. The van der Waals surface area contributed by atoms with Gasteiger partial charge in [-0.2, -0.15) is 0 Å². The molecule has 1 aromatic rings. The van der Waals surface area contributed by atoms with Crippen molar-refractivity contribution in [2.75, 3.05) is 25.5 Å². The maximum atomic E-state index is 12.3. The number of ether oxygens (including phenoxy) is 1. The molecule has 1 aromatic carbocycles. The number of para-hydroxylation sites is 1. The normalized spacial score (nSPS) is 18.7. The first-order valence-corrected chi connectivity index (χ1v) is 11.7. The number of benzene rings is 1. The van der Waals surface area contributed by atoms with E-state index in [1.807, 2.05) is 12.1 Å². The number of amides is 2. The van der Waals surface area contributed by atoms with Gasteiger partial charge in [0.2, 0.25) is 0 Å². The molecule has 0 saturated heterocycles. The van der Waals surface area contributed by atoms with Crippen LogP contribution in [0.3, 0.4) is 0 Å². The third-order valence-corrected chi connectivity index (χ3v) is 6.40. The van der Waals surface area contributed by atoms with Crippen molar-refractivity contribution in [3.63, 3.8) is 0 Å². The van der Waals surface area contributed by atoms with Crippen LogP contribution in [0.25, 0.3) is 0 Å². The first-order chi connectivity index (χ1) is 14.2. The number of rotatable bonds is 9. The molecule has 5 heteroatoms. The van der Waals surface area contributed by atoms with Crippen molar-refractivity contribution >= 4 is 11.7 Å². The minimum atomic E-state index is -0.129. The summed E-state index contributed by atoms with van der Waals surface area (Å²) in [4.78, 5) is 14.8. The number of nitrogens with one attached hydrogen (secondary N) is 2. The average Bonchev–Trinajstić information content (AvgIpc) is 2.76. The number of anilines is 1. The lowest BCUT2D eigenvalue weighted by atomic mass is 9.94. The van der Waals surface area contributed by atoms with E-state index in [0.29, 0.717) is 18.7 Å². The van der Waals surface area contributed by atoms with Crippen LogP contribution in [0.4, 0.5) is 10.5 Å². The molecule has 0 heterocycles. The molecule has 0 bridgehead atoms. The predicted molar refractivity (Wildman–Crippen MR) is 119 cm³/mol. The molecule has 29 heavy (non-hydrogen) atoms. The number of hydrogen-bond acceptors (Lipinski definition) is 3. The minimum Gasteiger partial charge on any atom is -0.378 e. The molecule has 2 N–H and O–H groups in total. The van der Waals surface area contributed by atoms with Crippen LogP contribution in [-0.4, -0.2) is 43.3 Å². The molecule has 0 aromatic heterocycles. The van der Waals surface area contributed by atoms with Crippen LogP contribution in [0.5, 0.6) is 0 Å². The third-order valence-electron chi connectivity index (χ3n) is 6.40. The first kappa shape index (κ1) is 22.1. The summed E-state index contributed by atoms with van der Waals surface area (Å²) in [5.41, 5.74) is 2.09. The zero-order valence-electron chi connectivity index (χ0n) is 18.1. The summed E-state index contributed by atoms with van der Waals surface area (Å²) in [6.45, 7) is 2.24. The average molecular weight is 402 g/mol. The van der Waals surface area contributed by atoms with Gasteiger partial charge in [0, 0.05) is 31.4 Å². The molecule has 5 nitrogen and oxygen atoms in total. The van der Waals surface area contributed by atoms with Gasteiger partial charge in [0.1, 0.15) is 0 Å². The van der Waals surface area contributed by atoms with Gasteiger partial charge in [-0.15, -0.1) is 0 Å². The predicted octanol–water partition coefficient (Wildman–Crippen LogP) is 5.31. The summed E-state index contributed by atoms with van der Waals surface area (Å²) in [6, 6.07) is 8.68. The Balaban J connectivity index is 1.38. The second-order valence-electron chi connectivity index (χ2n) is 8.73. The fraction of sp³-hybridized carbons (Fsp3) is 0.708. The van der Waals surface area contributed by atoms with E-state index in [9.17, 15) is 4.79 Å². The van der Waals surface area contributed by atoms with Gasteiger partial charge in [-0.1, -0.05) is 56.7 Å². The summed E-state index contributed by atoms with van der Waals surface area (Å²) in [5, 5.41) is 6.01. The molecule has 0 radical (unpaired) electrons. The number of carbonyl (C=O) groups excluding carboxylic acids is 1. The summed E-state index contributed by atoms with van der Waals surface area (Å²) in [5.74, 6) is 0. The molecule has 0 aliphatic heterocycles. The number of hydrogen-bond donors (Lipinski definition) is 2. The highest BCUT2D eigenvalue weighted by atomic mass is 16.5. The van der Waals surface area contributed by atoms with Crippen molar-refractivity contribution in [2.24, 2.45) is 0 Å². The Labute approximate surface area is 176 Å². The van der Waals surface area contributed by atoms with Gasteiger partial charge in [0.15, 0.2) is 0 Å². The molecule has 2 saturated carbocycles. The molecule has 2 amide bonds. The summed E-state index contributed by atoms with van der Waals surface area (Å²) in [6.07, 6.45) is 14.2. The molecular formula is C24H39N3O2. The largest absolute Gasteiger partial charge is 0.378 e. The Hall–Kier alpha value is -1.59. The highest BCUT2D eigenvalue weighted by molar-refractivity contribution is 5.90. The number of urea groups is 1. The molecule has 0 atom stereocenters. The van der Waals surface area contributed by atoms with E-state index in [1.165, 1.54) is 69.8 Å². The zero-order chi connectivity index (χ0) is 20.3. The Bertz CT molecular complexity index is 610. The Kier molecular flexibility index (Phi) is 9.29. The maximum absolute atomic E-state index is 12.3. The van der Waals surface area contributed by atoms with E-state index in [2.05, 4.69) is 34.7 Å². The summed E-state index contributed by atoms with van der Waals surface area (Å²) in [7, 11) is 2.21. The van der Waals surface area contributed by atoms with Crippen LogP contribution in [0.2, 0.25) is 0 Å². The molecule has 2 fully saturated rings. The van der Waals surface area contributed by atoms with Crippen LogP contribution in [-0.2, 0) is 11.3 Å². The van der Waals surface area contributed by atoms with Crippen molar-refractivity contribution in [2.45, 2.75) is 89.3 Å². The van der Waals surface area contributed by atoms with Crippen molar-refractivity contribution in [1.29, 1.82) is 0 Å². The third kappa shape index (κ3) is 7.63. The molecule has 0 spiro atoms. The van der Waals surface area contributed by atoms with Crippen LogP contribution in [0.1, 0.15) is 76.2 Å². The summed E-state index contributed by atoms with van der Waals surface area (Å²) >= 11 is 0. The second-order valence-corrected chi connectivity index (χ2v) is 8.73. The lowest BCUT2D eigenvalue weighted by molar-refractivity contribution is 0.0276. The molecule has 2 aliphatic rings. The SMILES string of the molecule is CN(Cc1ccccc1NC(=O)NCCCOC1CCCCC1)C1CCCCC1. The van der Waals surface area contributed by atoms with Crippen molar-refractivity contribution in [3.8, 4) is 0 Å². The Morgan fingerprint density at radius 3 is 2.48 bits per heavy atom. The fourth-order valence-corrected chi connectivity index (χ4v) is 4.62. The monoisotopic (exact) mass is 401 g/mol. The zero-order valence-corrected chi connectivity index (χ0v) is 18.1. The van der Waals surface area contributed by atoms with Gasteiger partial charge in [-0.3, -0.25) is 4.90 Å². The van der Waals surface area contributed by atoms with Crippen molar-refractivity contribution < 1.29 is 9.53 Å². The van der Waals surface area contributed by atoms with E-state index in [0.717, 1.165) is 25.3 Å². The Morgan fingerprint density at radius 1 is 1.03 bits per heavy atom. The summed E-state index contributed by atoms with van der Waals surface area (Å²) < 4.78 is 5.93. The van der Waals surface area contributed by atoms with Crippen LogP contribution in [0.15, 0.2) is 24.3 Å². The number of carbonyl (C=O) groups is 1. The first-order valence-electron chi connectivity index (χ1n) is 11.7. The van der Waals surface area contributed by atoms with Crippen molar-refractivity contribution in [1.82, 2.24) is 10.2 Å². The van der Waals surface area contributed by atoms with E-state index >= 15 is 0 Å². The lowest BCUT2D eigenvalue weighted by Crippen LogP contribution is -2.34. The molecular weight excluding hydrogens is 362 g/mol. The van der Waals surface area contributed by atoms with Gasteiger partial charge in [0.25, 0.3) is 0 Å². The highest BCUT2D eigenvalue weighted by Gasteiger charge is 2.19. The molecule has 3 rings (SSSR count). The van der Waals surface area contributed by atoms with Crippen LogP contribution in [0, 0.1) is 0 Å². The smallest absolute Gasteiger partial charge is 0.319 e. The van der Waals surface area contributed by atoms with Gasteiger partial charge >= 0.3 is 6.03 Å². The Morgan fingerprint density at radius 2 is 1.72 bits per heavy atom.